The predicted molar refractivity (Wildman–Crippen MR) is 56.1 cm³/mol. The third-order valence-corrected chi connectivity index (χ3v) is 3.52. The van der Waals surface area contributed by atoms with E-state index in [0.717, 1.165) is 5.92 Å². The molecule has 0 saturated heterocycles. The molecule has 0 heterocycles. The van der Waals surface area contributed by atoms with Crippen molar-refractivity contribution in [3.8, 4) is 0 Å². The summed E-state index contributed by atoms with van der Waals surface area (Å²) in [7, 11) is 1.96. The zero-order valence-corrected chi connectivity index (χ0v) is 8.16. The van der Waals surface area contributed by atoms with Gasteiger partial charge in [-0.2, -0.15) is 0 Å². The lowest BCUT2D eigenvalue weighted by atomic mass is 9.81. The second kappa shape index (κ2) is 3.06. The second-order valence-electron chi connectivity index (χ2n) is 4.06. The second-order valence-corrected chi connectivity index (χ2v) is 4.06. The molecule has 1 fully saturated rings. The highest BCUT2D eigenvalue weighted by molar-refractivity contribution is 5.23. The molecule has 2 aliphatic rings. The molecule has 1 nitrogen and oxygen atoms in total. The fraction of sp³-hybridized carbons (Fsp3) is 0.500. The summed E-state index contributed by atoms with van der Waals surface area (Å²) in [6.07, 6.45) is 8.08. The van der Waals surface area contributed by atoms with Gasteiger partial charge in [0.05, 0.1) is 0 Å². The smallest absolute Gasteiger partial charge is 0.0112 e. The molecule has 4 atom stereocenters. The lowest BCUT2D eigenvalue weighted by Crippen LogP contribution is -2.25. The Bertz CT molecular complexity index is 264. The molecule has 13 heavy (non-hydrogen) atoms. The molecule has 70 valence electrons. The fourth-order valence-electron chi connectivity index (χ4n) is 2.84. The van der Waals surface area contributed by atoms with Gasteiger partial charge in [-0.15, -0.1) is 6.58 Å². The molecule has 1 saturated carbocycles. The molecule has 0 radical (unpaired) electrons. The molecule has 1 heteroatoms. The van der Waals surface area contributed by atoms with E-state index in [4.69, 9.17) is 0 Å². The Morgan fingerprint density at radius 3 is 2.77 bits per heavy atom. The van der Waals surface area contributed by atoms with Crippen molar-refractivity contribution in [2.45, 2.75) is 6.42 Å². The van der Waals surface area contributed by atoms with Crippen molar-refractivity contribution in [3.63, 3.8) is 0 Å². The lowest BCUT2D eigenvalue weighted by Gasteiger charge is -2.27. The van der Waals surface area contributed by atoms with Gasteiger partial charge in [-0.1, -0.05) is 24.8 Å². The quantitative estimate of drug-likeness (QED) is 0.649. The van der Waals surface area contributed by atoms with Crippen molar-refractivity contribution in [3.05, 3.63) is 37.1 Å². The van der Waals surface area contributed by atoms with Crippen LogP contribution >= 0.6 is 0 Å². The SMILES string of the molecule is C=CC1C2C=CC(C2)C1C(=C)NC. The summed E-state index contributed by atoms with van der Waals surface area (Å²) in [6, 6.07) is 0. The number of hydrogen-bond acceptors (Lipinski definition) is 1. The third-order valence-electron chi connectivity index (χ3n) is 3.52. The summed E-state index contributed by atoms with van der Waals surface area (Å²) >= 11 is 0. The van der Waals surface area contributed by atoms with E-state index in [0.29, 0.717) is 17.8 Å². The lowest BCUT2D eigenvalue weighted by molar-refractivity contribution is 0.411. The molecule has 0 aromatic rings. The van der Waals surface area contributed by atoms with Gasteiger partial charge in [-0.05, 0) is 24.2 Å². The molecule has 1 N–H and O–H groups in total. The number of fused-ring (bicyclic) bond motifs is 2. The molecule has 2 aliphatic carbocycles. The van der Waals surface area contributed by atoms with Gasteiger partial charge in [0.15, 0.2) is 0 Å². The minimum absolute atomic E-state index is 0.581. The Morgan fingerprint density at radius 2 is 2.15 bits per heavy atom. The summed E-state index contributed by atoms with van der Waals surface area (Å²) in [6.45, 7) is 8.00. The molecular formula is C12H17N. The zero-order valence-electron chi connectivity index (χ0n) is 8.16. The maximum atomic E-state index is 4.08. The third kappa shape index (κ3) is 1.14. The maximum absolute atomic E-state index is 4.08. The summed E-state index contributed by atoms with van der Waals surface area (Å²) in [4.78, 5) is 0. The molecule has 4 unspecified atom stereocenters. The van der Waals surface area contributed by atoms with E-state index in [-0.39, 0.29) is 0 Å². The van der Waals surface area contributed by atoms with Crippen LogP contribution in [0.1, 0.15) is 6.42 Å². The van der Waals surface area contributed by atoms with Gasteiger partial charge in [0.25, 0.3) is 0 Å². The van der Waals surface area contributed by atoms with Crippen LogP contribution in [0, 0.1) is 23.7 Å². The highest BCUT2D eigenvalue weighted by Gasteiger charge is 2.43. The van der Waals surface area contributed by atoms with E-state index in [1.165, 1.54) is 12.1 Å². The average molecular weight is 175 g/mol. The van der Waals surface area contributed by atoms with Crippen molar-refractivity contribution in [2.75, 3.05) is 7.05 Å². The molecule has 0 aliphatic heterocycles. The van der Waals surface area contributed by atoms with E-state index in [2.05, 4.69) is 36.7 Å². The standard InChI is InChI=1S/C12H17N/c1-4-11-9-5-6-10(7-9)12(11)8(2)13-3/h4-6,9-13H,1-2,7H2,3H3. The number of nitrogens with one attached hydrogen (secondary N) is 1. The normalized spacial score (nSPS) is 40.7. The van der Waals surface area contributed by atoms with Gasteiger partial charge < -0.3 is 5.32 Å². The molecular weight excluding hydrogens is 158 g/mol. The van der Waals surface area contributed by atoms with Crippen molar-refractivity contribution >= 4 is 0 Å². The molecule has 0 amide bonds. The van der Waals surface area contributed by atoms with Crippen molar-refractivity contribution in [2.24, 2.45) is 23.7 Å². The Kier molecular flexibility index (Phi) is 2.03. The molecule has 0 aromatic heterocycles. The first kappa shape index (κ1) is 8.61. The van der Waals surface area contributed by atoms with Gasteiger partial charge in [-0.3, -0.25) is 0 Å². The summed E-state index contributed by atoms with van der Waals surface area (Å²) < 4.78 is 0. The number of rotatable bonds is 3. The van der Waals surface area contributed by atoms with Crippen LogP contribution in [0.25, 0.3) is 0 Å². The van der Waals surface area contributed by atoms with Crippen molar-refractivity contribution in [1.29, 1.82) is 0 Å². The first-order chi connectivity index (χ1) is 6.27. The predicted octanol–water partition coefficient (Wildman–Crippen LogP) is 2.34. The topological polar surface area (TPSA) is 12.0 Å². The Labute approximate surface area is 80.2 Å². The van der Waals surface area contributed by atoms with Crippen molar-refractivity contribution < 1.29 is 0 Å². The van der Waals surface area contributed by atoms with Gasteiger partial charge in [0.1, 0.15) is 0 Å². The Morgan fingerprint density at radius 1 is 1.46 bits per heavy atom. The molecule has 2 bridgehead atoms. The number of allylic oxidation sites excluding steroid dienone is 4. The van der Waals surface area contributed by atoms with E-state index >= 15 is 0 Å². The number of hydrogen-bond donors (Lipinski definition) is 1. The van der Waals surface area contributed by atoms with E-state index in [9.17, 15) is 0 Å². The average Bonchev–Trinajstić information content (AvgIpc) is 2.74. The summed E-state index contributed by atoms with van der Waals surface area (Å²) in [5.41, 5.74) is 1.17. The largest absolute Gasteiger partial charge is 0.392 e. The van der Waals surface area contributed by atoms with E-state index in [1.807, 2.05) is 7.05 Å². The van der Waals surface area contributed by atoms with Crippen LogP contribution in [0.15, 0.2) is 37.1 Å². The van der Waals surface area contributed by atoms with E-state index < -0.39 is 0 Å². The zero-order chi connectivity index (χ0) is 9.42. The minimum Gasteiger partial charge on any atom is -0.392 e. The first-order valence-corrected chi connectivity index (χ1v) is 4.95. The van der Waals surface area contributed by atoms with Crippen molar-refractivity contribution in [1.82, 2.24) is 5.32 Å². The summed E-state index contributed by atoms with van der Waals surface area (Å²) in [5.74, 6) is 2.61. The van der Waals surface area contributed by atoms with Crippen LogP contribution in [-0.4, -0.2) is 7.05 Å². The van der Waals surface area contributed by atoms with Crippen LogP contribution in [0.2, 0.25) is 0 Å². The molecule has 0 aromatic carbocycles. The van der Waals surface area contributed by atoms with E-state index in [1.54, 1.807) is 0 Å². The Balaban J connectivity index is 2.23. The van der Waals surface area contributed by atoms with Gasteiger partial charge >= 0.3 is 0 Å². The van der Waals surface area contributed by atoms with Crippen LogP contribution < -0.4 is 5.32 Å². The first-order valence-electron chi connectivity index (χ1n) is 4.95. The Hall–Kier alpha value is -0.980. The van der Waals surface area contributed by atoms with Gasteiger partial charge in [-0.25, -0.2) is 0 Å². The summed E-state index contributed by atoms with van der Waals surface area (Å²) in [5, 5.41) is 3.18. The van der Waals surface area contributed by atoms with Crippen LogP contribution in [0.3, 0.4) is 0 Å². The van der Waals surface area contributed by atoms with Crippen LogP contribution in [0.5, 0.6) is 0 Å². The van der Waals surface area contributed by atoms with Crippen LogP contribution in [0.4, 0.5) is 0 Å². The highest BCUT2D eigenvalue weighted by Crippen LogP contribution is 2.50. The highest BCUT2D eigenvalue weighted by atomic mass is 14.8. The maximum Gasteiger partial charge on any atom is 0.0112 e. The van der Waals surface area contributed by atoms with Gasteiger partial charge in [0.2, 0.25) is 0 Å². The van der Waals surface area contributed by atoms with Gasteiger partial charge in [0, 0.05) is 18.7 Å². The monoisotopic (exact) mass is 175 g/mol. The fourth-order valence-corrected chi connectivity index (χ4v) is 2.84. The molecule has 0 spiro atoms. The van der Waals surface area contributed by atoms with Crippen LogP contribution in [-0.2, 0) is 0 Å². The minimum atomic E-state index is 0.581. The molecule has 2 rings (SSSR count).